The van der Waals surface area contributed by atoms with Crippen molar-refractivity contribution in [1.82, 2.24) is 4.31 Å². The van der Waals surface area contributed by atoms with Crippen LogP contribution in [0, 0.1) is 11.8 Å². The third-order valence-electron chi connectivity index (χ3n) is 4.66. The summed E-state index contributed by atoms with van der Waals surface area (Å²) in [6.07, 6.45) is 6.47. The number of anilines is 1. The first-order valence-corrected chi connectivity index (χ1v) is 11.7. The molecule has 1 aliphatic heterocycles. The Hall–Kier alpha value is -1.97. The SMILES string of the molecule is CCCCCC#CC=CS(=O)(=O)N1CCCN(c2ccc(OCC)cc2)CC1. The molecule has 0 bridgehead atoms. The highest BCUT2D eigenvalue weighted by Gasteiger charge is 2.23. The number of unbranched alkanes of at least 4 members (excludes halogenated alkanes) is 3. The standard InChI is InChI=1S/C22H32N2O3S/c1-3-5-6-7-8-9-10-20-28(25,26)24-17-11-16-23(18-19-24)21-12-14-22(15-13-21)27-4-2/h10,12-15,20H,3-7,11,16-19H2,1-2H3. The molecule has 1 aromatic carbocycles. The average molecular weight is 405 g/mol. The second-order valence-corrected chi connectivity index (χ2v) is 8.61. The largest absolute Gasteiger partial charge is 0.494 e. The molecule has 5 nitrogen and oxygen atoms in total. The first-order valence-electron chi connectivity index (χ1n) is 10.2. The maximum atomic E-state index is 12.6. The highest BCUT2D eigenvalue weighted by molar-refractivity contribution is 7.92. The molecule has 0 N–H and O–H groups in total. The van der Waals surface area contributed by atoms with Gasteiger partial charge >= 0.3 is 0 Å². The van der Waals surface area contributed by atoms with Gasteiger partial charge in [0.25, 0.3) is 0 Å². The van der Waals surface area contributed by atoms with Gasteiger partial charge in [-0.3, -0.25) is 0 Å². The second kappa shape index (κ2) is 11.8. The van der Waals surface area contributed by atoms with E-state index in [1.54, 1.807) is 4.31 Å². The Labute approximate surface area is 170 Å². The number of allylic oxidation sites excluding steroid dienone is 1. The smallest absolute Gasteiger partial charge is 0.236 e. The van der Waals surface area contributed by atoms with Gasteiger partial charge in [0.2, 0.25) is 10.0 Å². The lowest BCUT2D eigenvalue weighted by atomic mass is 10.2. The number of hydrogen-bond acceptors (Lipinski definition) is 4. The molecule has 0 saturated carbocycles. The molecule has 0 aromatic heterocycles. The Kier molecular flexibility index (Phi) is 9.39. The topological polar surface area (TPSA) is 49.9 Å². The van der Waals surface area contributed by atoms with Gasteiger partial charge in [-0.25, -0.2) is 8.42 Å². The highest BCUT2D eigenvalue weighted by Crippen LogP contribution is 2.21. The predicted octanol–water partition coefficient (Wildman–Crippen LogP) is 4.02. The molecule has 0 aliphatic carbocycles. The van der Waals surface area contributed by atoms with E-state index in [0.29, 0.717) is 26.2 Å². The zero-order valence-electron chi connectivity index (χ0n) is 17.1. The molecule has 2 rings (SSSR count). The van der Waals surface area contributed by atoms with E-state index in [0.717, 1.165) is 50.1 Å². The van der Waals surface area contributed by atoms with Gasteiger partial charge < -0.3 is 9.64 Å². The van der Waals surface area contributed by atoms with E-state index in [9.17, 15) is 8.42 Å². The fourth-order valence-electron chi connectivity index (χ4n) is 3.13. The monoisotopic (exact) mass is 404 g/mol. The highest BCUT2D eigenvalue weighted by atomic mass is 32.2. The van der Waals surface area contributed by atoms with Crippen LogP contribution in [0.3, 0.4) is 0 Å². The molecule has 6 heteroatoms. The van der Waals surface area contributed by atoms with Crippen LogP contribution in [-0.2, 0) is 10.0 Å². The van der Waals surface area contributed by atoms with E-state index in [2.05, 4.69) is 23.7 Å². The van der Waals surface area contributed by atoms with Crippen molar-refractivity contribution in [2.45, 2.75) is 46.0 Å². The van der Waals surface area contributed by atoms with Gasteiger partial charge in [-0.2, -0.15) is 4.31 Å². The first-order chi connectivity index (χ1) is 13.6. The minimum absolute atomic E-state index is 0.476. The lowest BCUT2D eigenvalue weighted by molar-refractivity contribution is 0.340. The first kappa shape index (κ1) is 22.3. The van der Waals surface area contributed by atoms with Crippen molar-refractivity contribution in [3.8, 4) is 17.6 Å². The predicted molar refractivity (Wildman–Crippen MR) is 116 cm³/mol. The van der Waals surface area contributed by atoms with Crippen molar-refractivity contribution in [1.29, 1.82) is 0 Å². The molecular weight excluding hydrogens is 372 g/mol. The molecule has 1 fully saturated rings. The second-order valence-electron chi connectivity index (χ2n) is 6.79. The van der Waals surface area contributed by atoms with Crippen LogP contribution in [0.2, 0.25) is 0 Å². The van der Waals surface area contributed by atoms with Crippen LogP contribution in [0.5, 0.6) is 5.75 Å². The third-order valence-corrected chi connectivity index (χ3v) is 6.22. The number of sulfonamides is 1. The molecule has 0 radical (unpaired) electrons. The minimum Gasteiger partial charge on any atom is -0.494 e. The Morgan fingerprint density at radius 1 is 1.07 bits per heavy atom. The van der Waals surface area contributed by atoms with Gasteiger partial charge in [-0.1, -0.05) is 31.6 Å². The van der Waals surface area contributed by atoms with Crippen LogP contribution in [0.15, 0.2) is 35.7 Å². The van der Waals surface area contributed by atoms with Crippen LogP contribution in [0.1, 0.15) is 46.0 Å². The summed E-state index contributed by atoms with van der Waals surface area (Å²) in [5.41, 5.74) is 1.09. The quantitative estimate of drug-likeness (QED) is 0.485. The molecule has 1 saturated heterocycles. The van der Waals surface area contributed by atoms with Gasteiger partial charge in [-0.05, 0) is 44.0 Å². The average Bonchev–Trinajstić information content (AvgIpc) is 2.95. The zero-order chi connectivity index (χ0) is 20.2. The Morgan fingerprint density at radius 3 is 2.57 bits per heavy atom. The summed E-state index contributed by atoms with van der Waals surface area (Å²) in [5, 5.41) is 1.24. The maximum absolute atomic E-state index is 12.6. The number of nitrogens with zero attached hydrogens (tertiary/aromatic N) is 2. The molecule has 0 unspecified atom stereocenters. The summed E-state index contributed by atoms with van der Waals surface area (Å²) in [5.74, 6) is 6.71. The van der Waals surface area contributed by atoms with Gasteiger partial charge in [-0.15, -0.1) is 0 Å². The summed E-state index contributed by atoms with van der Waals surface area (Å²) in [6.45, 7) is 7.27. The van der Waals surface area contributed by atoms with Crippen molar-refractivity contribution < 1.29 is 13.2 Å². The fourth-order valence-corrected chi connectivity index (χ4v) is 4.26. The molecule has 1 aromatic rings. The summed E-state index contributed by atoms with van der Waals surface area (Å²) < 4.78 is 32.2. The maximum Gasteiger partial charge on any atom is 0.236 e. The van der Waals surface area contributed by atoms with Crippen molar-refractivity contribution in [2.75, 3.05) is 37.7 Å². The van der Waals surface area contributed by atoms with Gasteiger partial charge in [0, 0.05) is 44.4 Å². The Morgan fingerprint density at radius 2 is 1.86 bits per heavy atom. The number of hydrogen-bond donors (Lipinski definition) is 0. The van der Waals surface area contributed by atoms with Crippen LogP contribution in [0.25, 0.3) is 0 Å². The molecule has 0 spiro atoms. The van der Waals surface area contributed by atoms with Crippen LogP contribution < -0.4 is 9.64 Å². The minimum atomic E-state index is -3.42. The normalized spacial score (nSPS) is 15.9. The van der Waals surface area contributed by atoms with E-state index < -0.39 is 10.0 Å². The summed E-state index contributed by atoms with van der Waals surface area (Å²) >= 11 is 0. The van der Waals surface area contributed by atoms with E-state index >= 15 is 0 Å². The van der Waals surface area contributed by atoms with E-state index in [4.69, 9.17) is 4.74 Å². The lowest BCUT2D eigenvalue weighted by Gasteiger charge is -2.23. The van der Waals surface area contributed by atoms with Crippen LogP contribution in [-0.4, -0.2) is 45.5 Å². The lowest BCUT2D eigenvalue weighted by Crippen LogP contribution is -2.34. The molecule has 154 valence electrons. The van der Waals surface area contributed by atoms with Gasteiger partial charge in [0.1, 0.15) is 5.75 Å². The molecule has 0 atom stereocenters. The van der Waals surface area contributed by atoms with Crippen LogP contribution >= 0.6 is 0 Å². The Balaban J connectivity index is 1.90. The van der Waals surface area contributed by atoms with Crippen LogP contribution in [0.4, 0.5) is 5.69 Å². The van der Waals surface area contributed by atoms with Crippen molar-refractivity contribution in [2.24, 2.45) is 0 Å². The summed E-state index contributed by atoms with van der Waals surface area (Å²) in [6, 6.07) is 7.98. The molecule has 1 heterocycles. The molecule has 1 aliphatic rings. The van der Waals surface area contributed by atoms with Crippen molar-refractivity contribution in [3.63, 3.8) is 0 Å². The van der Waals surface area contributed by atoms with Crippen molar-refractivity contribution >= 4 is 15.7 Å². The molecule has 0 amide bonds. The van der Waals surface area contributed by atoms with E-state index in [1.807, 2.05) is 31.2 Å². The summed E-state index contributed by atoms with van der Waals surface area (Å²) in [7, 11) is -3.42. The number of benzene rings is 1. The number of rotatable bonds is 8. The fraction of sp³-hybridized carbons (Fsp3) is 0.545. The Bertz CT molecular complexity index is 776. The molecular formula is C22H32N2O3S. The van der Waals surface area contributed by atoms with Crippen molar-refractivity contribution in [3.05, 3.63) is 35.7 Å². The van der Waals surface area contributed by atoms with Gasteiger partial charge in [0.15, 0.2) is 0 Å². The zero-order valence-corrected chi connectivity index (χ0v) is 17.9. The molecule has 28 heavy (non-hydrogen) atoms. The van der Waals surface area contributed by atoms with Gasteiger partial charge in [0.05, 0.1) is 12.0 Å². The number of ether oxygens (including phenoxy) is 1. The third kappa shape index (κ3) is 7.21. The van der Waals surface area contributed by atoms with E-state index in [-0.39, 0.29) is 0 Å². The summed E-state index contributed by atoms with van der Waals surface area (Å²) in [4.78, 5) is 2.22. The van der Waals surface area contributed by atoms with E-state index in [1.165, 1.54) is 11.5 Å².